The largest absolute Gasteiger partial charge is 0.481 e. The van der Waals surface area contributed by atoms with Crippen molar-refractivity contribution in [1.82, 2.24) is 5.32 Å². The maximum Gasteiger partial charge on any atom is 0.326 e. The zero-order chi connectivity index (χ0) is 13.9. The predicted octanol–water partition coefficient (Wildman–Crippen LogP) is 1.37. The first-order valence-corrected chi connectivity index (χ1v) is 6.07. The van der Waals surface area contributed by atoms with Gasteiger partial charge >= 0.3 is 11.9 Å². The van der Waals surface area contributed by atoms with Crippen LogP contribution in [0.15, 0.2) is 5.38 Å². The van der Waals surface area contributed by atoms with Gasteiger partial charge in [-0.1, -0.05) is 11.6 Å². The number of rotatable bonds is 5. The van der Waals surface area contributed by atoms with Crippen molar-refractivity contribution >= 4 is 40.8 Å². The third-order valence-corrected chi connectivity index (χ3v) is 3.78. The topological polar surface area (TPSA) is 104 Å². The third kappa shape index (κ3) is 3.44. The van der Waals surface area contributed by atoms with Crippen molar-refractivity contribution in [1.29, 1.82) is 0 Å². The van der Waals surface area contributed by atoms with E-state index in [1.165, 1.54) is 0 Å². The molecule has 98 valence electrons. The number of carboxylic acids is 2. The number of hydrogen-bond acceptors (Lipinski definition) is 4. The first-order chi connectivity index (χ1) is 8.32. The van der Waals surface area contributed by atoms with Gasteiger partial charge in [0.2, 0.25) is 0 Å². The number of carboxylic acid groups (broad SMARTS) is 2. The second-order valence-electron chi connectivity index (χ2n) is 3.52. The van der Waals surface area contributed by atoms with E-state index in [0.29, 0.717) is 5.56 Å². The summed E-state index contributed by atoms with van der Waals surface area (Å²) in [5.74, 6) is -3.40. The highest BCUT2D eigenvalue weighted by atomic mass is 35.5. The van der Waals surface area contributed by atoms with Gasteiger partial charge in [0.1, 0.15) is 10.9 Å². The molecule has 1 heterocycles. The standard InChI is InChI=1S/C10H10ClNO5S/c1-4-3-18-8(7(4)11)9(15)12-5(10(16)17)2-6(13)14/h3,5H,2H2,1H3,(H,12,15)(H,13,14)(H,16,17)/t5-/m0/s1. The van der Waals surface area contributed by atoms with E-state index in [1.807, 2.05) is 0 Å². The van der Waals surface area contributed by atoms with Crippen molar-refractivity contribution in [2.24, 2.45) is 0 Å². The molecule has 0 saturated carbocycles. The molecule has 0 unspecified atom stereocenters. The van der Waals surface area contributed by atoms with Crippen LogP contribution >= 0.6 is 22.9 Å². The zero-order valence-electron chi connectivity index (χ0n) is 9.27. The Kier molecular flexibility index (Phi) is 4.69. The van der Waals surface area contributed by atoms with Crippen molar-refractivity contribution < 1.29 is 24.6 Å². The van der Waals surface area contributed by atoms with E-state index < -0.39 is 30.3 Å². The van der Waals surface area contributed by atoms with Gasteiger partial charge in [-0.3, -0.25) is 9.59 Å². The van der Waals surface area contributed by atoms with E-state index in [2.05, 4.69) is 5.32 Å². The van der Waals surface area contributed by atoms with Gasteiger partial charge in [-0.15, -0.1) is 11.3 Å². The van der Waals surface area contributed by atoms with Gasteiger partial charge in [0.15, 0.2) is 0 Å². The Labute approximate surface area is 111 Å². The minimum Gasteiger partial charge on any atom is -0.481 e. The van der Waals surface area contributed by atoms with Crippen LogP contribution in [0.4, 0.5) is 0 Å². The van der Waals surface area contributed by atoms with Crippen LogP contribution in [0.1, 0.15) is 21.7 Å². The van der Waals surface area contributed by atoms with Gasteiger partial charge in [0.05, 0.1) is 11.4 Å². The molecule has 0 aliphatic carbocycles. The first-order valence-electron chi connectivity index (χ1n) is 4.82. The van der Waals surface area contributed by atoms with Gasteiger partial charge in [-0.25, -0.2) is 4.79 Å². The Morgan fingerprint density at radius 3 is 2.44 bits per heavy atom. The van der Waals surface area contributed by atoms with Gasteiger partial charge in [0.25, 0.3) is 5.91 Å². The number of aryl methyl sites for hydroxylation is 1. The van der Waals surface area contributed by atoms with Crippen LogP contribution in [0.5, 0.6) is 0 Å². The summed E-state index contributed by atoms with van der Waals surface area (Å²) >= 11 is 6.93. The number of carbonyl (C=O) groups is 3. The van der Waals surface area contributed by atoms with Gasteiger partial charge < -0.3 is 15.5 Å². The fourth-order valence-corrected chi connectivity index (χ4v) is 2.36. The normalized spacial score (nSPS) is 11.9. The molecule has 0 aromatic carbocycles. The lowest BCUT2D eigenvalue weighted by molar-refractivity contribution is -0.145. The van der Waals surface area contributed by atoms with Crippen molar-refractivity contribution in [2.75, 3.05) is 0 Å². The molecular formula is C10H10ClNO5S. The summed E-state index contributed by atoms with van der Waals surface area (Å²) in [6.45, 7) is 1.71. The molecule has 8 heteroatoms. The van der Waals surface area contributed by atoms with Crippen molar-refractivity contribution in [2.45, 2.75) is 19.4 Å². The highest BCUT2D eigenvalue weighted by Gasteiger charge is 2.25. The molecule has 1 aromatic rings. The molecule has 1 aromatic heterocycles. The molecule has 0 saturated heterocycles. The Hall–Kier alpha value is -1.60. The smallest absolute Gasteiger partial charge is 0.326 e. The van der Waals surface area contributed by atoms with Crippen molar-refractivity contribution in [3.63, 3.8) is 0 Å². The number of nitrogens with one attached hydrogen (secondary N) is 1. The lowest BCUT2D eigenvalue weighted by Gasteiger charge is -2.11. The zero-order valence-corrected chi connectivity index (χ0v) is 10.8. The number of thiophene rings is 1. The Morgan fingerprint density at radius 1 is 1.44 bits per heavy atom. The predicted molar refractivity (Wildman–Crippen MR) is 65.2 cm³/mol. The molecule has 1 atom stereocenters. The molecule has 0 aliphatic rings. The van der Waals surface area contributed by atoms with Crippen LogP contribution in [0.25, 0.3) is 0 Å². The van der Waals surface area contributed by atoms with Crippen LogP contribution < -0.4 is 5.32 Å². The summed E-state index contributed by atoms with van der Waals surface area (Å²) in [6, 6.07) is -1.48. The number of carbonyl (C=O) groups excluding carboxylic acids is 1. The van der Waals surface area contributed by atoms with Crippen LogP contribution in [0.3, 0.4) is 0 Å². The van der Waals surface area contributed by atoms with E-state index in [-0.39, 0.29) is 9.90 Å². The molecule has 0 spiro atoms. The molecule has 1 rings (SSSR count). The van der Waals surface area contributed by atoms with Crippen LogP contribution in [0.2, 0.25) is 5.02 Å². The lowest BCUT2D eigenvalue weighted by Crippen LogP contribution is -2.42. The Balaban J connectivity index is 2.82. The maximum atomic E-state index is 11.7. The van der Waals surface area contributed by atoms with Crippen molar-refractivity contribution in [3.8, 4) is 0 Å². The summed E-state index contributed by atoms with van der Waals surface area (Å²) in [6.07, 6.45) is -0.691. The van der Waals surface area contributed by atoms with E-state index in [1.54, 1.807) is 12.3 Å². The van der Waals surface area contributed by atoms with Gasteiger partial charge in [-0.05, 0) is 17.9 Å². The first kappa shape index (κ1) is 14.5. The average molecular weight is 292 g/mol. The molecule has 0 bridgehead atoms. The summed E-state index contributed by atoms with van der Waals surface area (Å²) < 4.78 is 0. The van der Waals surface area contributed by atoms with Crippen LogP contribution in [0, 0.1) is 6.92 Å². The maximum absolute atomic E-state index is 11.7. The van der Waals surface area contributed by atoms with E-state index in [9.17, 15) is 14.4 Å². The Morgan fingerprint density at radius 2 is 2.06 bits per heavy atom. The summed E-state index contributed by atoms with van der Waals surface area (Å²) in [4.78, 5) is 33.2. The second-order valence-corrected chi connectivity index (χ2v) is 4.78. The summed E-state index contributed by atoms with van der Waals surface area (Å²) in [7, 11) is 0. The fraction of sp³-hybridized carbons (Fsp3) is 0.300. The highest BCUT2D eigenvalue weighted by Crippen LogP contribution is 2.26. The summed E-state index contributed by atoms with van der Waals surface area (Å²) in [5, 5.41) is 21.4. The molecule has 0 aliphatic heterocycles. The average Bonchev–Trinajstić information content (AvgIpc) is 2.58. The molecular weight excluding hydrogens is 282 g/mol. The lowest BCUT2D eigenvalue weighted by atomic mass is 10.2. The number of amides is 1. The second kappa shape index (κ2) is 5.83. The van der Waals surface area contributed by atoms with E-state index >= 15 is 0 Å². The molecule has 18 heavy (non-hydrogen) atoms. The number of hydrogen-bond donors (Lipinski definition) is 3. The van der Waals surface area contributed by atoms with Crippen LogP contribution in [-0.4, -0.2) is 34.1 Å². The van der Waals surface area contributed by atoms with E-state index in [0.717, 1.165) is 11.3 Å². The SMILES string of the molecule is Cc1csc(C(=O)N[C@@H](CC(=O)O)C(=O)O)c1Cl. The molecule has 1 amide bonds. The summed E-state index contributed by atoms with van der Waals surface area (Å²) in [5.41, 5.74) is 0.705. The quantitative estimate of drug-likeness (QED) is 0.760. The highest BCUT2D eigenvalue weighted by molar-refractivity contribution is 7.13. The Bertz CT molecular complexity index is 498. The number of halogens is 1. The molecule has 0 radical (unpaired) electrons. The molecule has 6 nitrogen and oxygen atoms in total. The molecule has 0 fully saturated rings. The fourth-order valence-electron chi connectivity index (χ4n) is 1.18. The minimum atomic E-state index is -1.48. The third-order valence-electron chi connectivity index (χ3n) is 2.09. The minimum absolute atomic E-state index is 0.172. The van der Waals surface area contributed by atoms with Crippen molar-refractivity contribution in [3.05, 3.63) is 20.8 Å². The van der Waals surface area contributed by atoms with Gasteiger partial charge in [0, 0.05) is 0 Å². The van der Waals surface area contributed by atoms with Crippen LogP contribution in [-0.2, 0) is 9.59 Å². The monoisotopic (exact) mass is 291 g/mol. The van der Waals surface area contributed by atoms with E-state index in [4.69, 9.17) is 21.8 Å². The van der Waals surface area contributed by atoms with Gasteiger partial charge in [-0.2, -0.15) is 0 Å². The molecule has 3 N–H and O–H groups in total. The number of aliphatic carboxylic acids is 2.